The average molecular weight is 387 g/mol. The van der Waals surface area contributed by atoms with Crippen molar-refractivity contribution in [1.82, 2.24) is 0 Å². The van der Waals surface area contributed by atoms with Crippen molar-refractivity contribution in [3.05, 3.63) is 113 Å². The van der Waals surface area contributed by atoms with E-state index in [1.807, 2.05) is 47.9 Å². The van der Waals surface area contributed by atoms with Gasteiger partial charge in [0, 0.05) is 5.02 Å². The van der Waals surface area contributed by atoms with Gasteiger partial charge in [-0.2, -0.15) is 0 Å². The molecule has 0 radical (unpaired) electrons. The number of nitrogens with two attached hydrogens (primary N) is 2. The first-order valence-corrected chi connectivity index (χ1v) is 9.55. The minimum atomic E-state index is -0.443. The minimum absolute atomic E-state index is 0.443. The van der Waals surface area contributed by atoms with Crippen molar-refractivity contribution < 1.29 is 5.32 Å². The maximum Gasteiger partial charge on any atom is 0.234 e. The Balaban J connectivity index is 1.61. The zero-order valence-corrected chi connectivity index (χ0v) is 16.1. The molecule has 3 nitrogen and oxygen atoms in total. The van der Waals surface area contributed by atoms with Crippen molar-refractivity contribution in [2.24, 2.45) is 10.7 Å². The van der Waals surface area contributed by atoms with E-state index in [0.717, 1.165) is 22.5 Å². The van der Waals surface area contributed by atoms with Gasteiger partial charge >= 0.3 is 0 Å². The topological polar surface area (TPSA) is 55.0 Å². The van der Waals surface area contributed by atoms with Gasteiger partial charge in [0.1, 0.15) is 6.17 Å². The van der Waals surface area contributed by atoms with Crippen LogP contribution >= 0.6 is 11.6 Å². The highest BCUT2D eigenvalue weighted by atomic mass is 35.5. The summed E-state index contributed by atoms with van der Waals surface area (Å²) >= 11 is 5.97. The smallest absolute Gasteiger partial charge is 0.234 e. The van der Waals surface area contributed by atoms with E-state index < -0.39 is 6.17 Å². The predicted molar refractivity (Wildman–Crippen MR) is 117 cm³/mol. The largest absolute Gasteiger partial charge is 0.306 e. The van der Waals surface area contributed by atoms with E-state index in [1.54, 1.807) is 0 Å². The summed E-state index contributed by atoms with van der Waals surface area (Å²) in [5, 5.41) is 2.69. The van der Waals surface area contributed by atoms with Gasteiger partial charge in [0.05, 0.1) is 11.8 Å². The quantitative estimate of drug-likeness (QED) is 0.679. The Hall–Kier alpha value is -2.98. The van der Waals surface area contributed by atoms with Crippen LogP contribution < -0.4 is 11.1 Å². The monoisotopic (exact) mass is 386 g/mol. The van der Waals surface area contributed by atoms with Gasteiger partial charge in [-0.15, -0.1) is 0 Å². The molecule has 4 rings (SSSR count). The standard InChI is InChI=1S/C24H20ClN3/c25-21-14-12-20(13-15-21)23(26)28-24-22(7-4-16-27-24)19-10-8-18(9-11-19)17-5-2-1-3-6-17/h1-16,23H,26H2,(H,27,28)/p+1. The van der Waals surface area contributed by atoms with E-state index in [9.17, 15) is 0 Å². The molecule has 4 N–H and O–H groups in total. The summed E-state index contributed by atoms with van der Waals surface area (Å²) in [5.74, 6) is 0.873. The number of quaternary nitrogens is 1. The second-order valence-corrected chi connectivity index (χ2v) is 7.02. The SMILES string of the molecule is NC(/N=C1\[NH2+]C=CC=C1c1ccc(-c2ccccc2)cc1)c1ccc(Cl)cc1. The molecule has 28 heavy (non-hydrogen) atoms. The highest BCUT2D eigenvalue weighted by molar-refractivity contribution is 6.30. The molecule has 0 amide bonds. The van der Waals surface area contributed by atoms with E-state index in [0.29, 0.717) is 5.02 Å². The first-order chi connectivity index (χ1) is 13.7. The van der Waals surface area contributed by atoms with Gasteiger partial charge in [-0.1, -0.05) is 78.3 Å². The van der Waals surface area contributed by atoms with E-state index >= 15 is 0 Å². The van der Waals surface area contributed by atoms with Gasteiger partial charge in [-0.05, 0) is 46.5 Å². The van der Waals surface area contributed by atoms with Gasteiger partial charge in [0.2, 0.25) is 5.84 Å². The highest BCUT2D eigenvalue weighted by Crippen LogP contribution is 2.24. The third-order valence-electron chi connectivity index (χ3n) is 4.70. The summed E-state index contributed by atoms with van der Waals surface area (Å²) in [7, 11) is 0. The fraction of sp³-hybridized carbons (Fsp3) is 0.0417. The molecule has 0 saturated heterocycles. The summed E-state index contributed by atoms with van der Waals surface area (Å²) in [4.78, 5) is 4.75. The molecule has 0 aromatic heterocycles. The fourth-order valence-electron chi connectivity index (χ4n) is 3.19. The van der Waals surface area contributed by atoms with Gasteiger partial charge in [-0.3, -0.25) is 5.32 Å². The van der Waals surface area contributed by atoms with Crippen molar-refractivity contribution in [3.63, 3.8) is 0 Å². The number of hydrogen-bond acceptors (Lipinski definition) is 2. The maximum atomic E-state index is 6.31. The van der Waals surface area contributed by atoms with Crippen LogP contribution in [-0.4, -0.2) is 5.84 Å². The lowest BCUT2D eigenvalue weighted by atomic mass is 9.98. The molecule has 0 spiro atoms. The van der Waals surface area contributed by atoms with Gasteiger partial charge in [0.25, 0.3) is 0 Å². The third kappa shape index (κ3) is 4.12. The molecule has 3 aromatic carbocycles. The van der Waals surface area contributed by atoms with Crippen molar-refractivity contribution in [1.29, 1.82) is 0 Å². The summed E-state index contributed by atoms with van der Waals surface area (Å²) < 4.78 is 0. The highest BCUT2D eigenvalue weighted by Gasteiger charge is 2.18. The number of rotatable bonds is 4. The molecule has 0 bridgehead atoms. The number of allylic oxidation sites excluding steroid dienone is 2. The number of benzene rings is 3. The first kappa shape index (κ1) is 18.4. The second kappa shape index (κ2) is 8.36. The molecule has 1 unspecified atom stereocenters. The zero-order valence-electron chi connectivity index (χ0n) is 15.3. The van der Waals surface area contributed by atoms with E-state index in [2.05, 4.69) is 54.6 Å². The number of hydrogen-bond donors (Lipinski definition) is 2. The van der Waals surface area contributed by atoms with Crippen molar-refractivity contribution in [2.75, 3.05) is 0 Å². The molecule has 1 heterocycles. The Bertz CT molecular complexity index is 1030. The molecule has 0 saturated carbocycles. The minimum Gasteiger partial charge on any atom is -0.306 e. The van der Waals surface area contributed by atoms with Gasteiger partial charge in [-0.25, -0.2) is 4.99 Å². The Morgan fingerprint density at radius 1 is 0.786 bits per heavy atom. The first-order valence-electron chi connectivity index (χ1n) is 9.17. The number of nitrogens with zero attached hydrogens (tertiary/aromatic N) is 1. The molecule has 0 aliphatic carbocycles. The van der Waals surface area contributed by atoms with Crippen molar-refractivity contribution >= 4 is 23.0 Å². The normalized spacial score (nSPS) is 16.1. The Kier molecular flexibility index (Phi) is 5.49. The fourth-order valence-corrected chi connectivity index (χ4v) is 3.31. The summed E-state index contributed by atoms with van der Waals surface area (Å²) in [5.41, 5.74) is 11.8. The Morgan fingerprint density at radius 3 is 2.14 bits per heavy atom. The molecule has 1 aliphatic heterocycles. The summed E-state index contributed by atoms with van der Waals surface area (Å²) in [6.45, 7) is 0. The number of amidine groups is 1. The van der Waals surface area contributed by atoms with Crippen LogP contribution in [0.1, 0.15) is 17.3 Å². The van der Waals surface area contributed by atoms with Crippen molar-refractivity contribution in [3.8, 4) is 11.1 Å². The van der Waals surface area contributed by atoms with Crippen LogP contribution in [-0.2, 0) is 0 Å². The molecular weight excluding hydrogens is 366 g/mol. The van der Waals surface area contributed by atoms with Crippen LogP contribution in [0.4, 0.5) is 0 Å². The molecule has 0 fully saturated rings. The lowest BCUT2D eigenvalue weighted by Gasteiger charge is -2.14. The van der Waals surface area contributed by atoms with E-state index in [4.69, 9.17) is 22.3 Å². The Labute approximate surface area is 169 Å². The van der Waals surface area contributed by atoms with Crippen LogP contribution in [0.5, 0.6) is 0 Å². The van der Waals surface area contributed by atoms with Gasteiger partial charge < -0.3 is 5.73 Å². The Morgan fingerprint density at radius 2 is 1.43 bits per heavy atom. The van der Waals surface area contributed by atoms with E-state index in [1.165, 1.54) is 11.1 Å². The predicted octanol–water partition coefficient (Wildman–Crippen LogP) is 4.54. The summed E-state index contributed by atoms with van der Waals surface area (Å²) in [6, 6.07) is 26.4. The van der Waals surface area contributed by atoms with Crippen molar-refractivity contribution in [2.45, 2.75) is 6.17 Å². The average Bonchev–Trinajstić information content (AvgIpc) is 2.75. The van der Waals surface area contributed by atoms with E-state index in [-0.39, 0.29) is 0 Å². The third-order valence-corrected chi connectivity index (χ3v) is 4.95. The number of aliphatic imine (C=N–C) groups is 1. The molecule has 3 aromatic rings. The van der Waals surface area contributed by atoms with Crippen LogP contribution in [0.3, 0.4) is 0 Å². The summed E-state index contributed by atoms with van der Waals surface area (Å²) in [6.07, 6.45) is 5.63. The lowest BCUT2D eigenvalue weighted by Crippen LogP contribution is -2.83. The van der Waals surface area contributed by atoms with Gasteiger partial charge in [0.15, 0.2) is 0 Å². The molecule has 4 heteroatoms. The zero-order chi connectivity index (χ0) is 19.3. The van der Waals surface area contributed by atoms with Crippen LogP contribution in [0.15, 0.2) is 102 Å². The van der Waals surface area contributed by atoms with Crippen LogP contribution in [0.25, 0.3) is 16.7 Å². The molecular formula is C24H21ClN3+. The maximum absolute atomic E-state index is 6.31. The van der Waals surface area contributed by atoms with Crippen LogP contribution in [0.2, 0.25) is 5.02 Å². The number of halogens is 1. The molecule has 1 aliphatic rings. The lowest BCUT2D eigenvalue weighted by molar-refractivity contribution is -0.460. The second-order valence-electron chi connectivity index (χ2n) is 6.59. The molecule has 138 valence electrons. The molecule has 1 atom stereocenters. The van der Waals surface area contributed by atoms with Crippen LogP contribution in [0, 0.1) is 0 Å².